The van der Waals surface area contributed by atoms with E-state index in [9.17, 15) is 9.59 Å². The summed E-state index contributed by atoms with van der Waals surface area (Å²) in [7, 11) is 0. The van der Waals surface area contributed by atoms with Crippen molar-refractivity contribution in [3.8, 4) is 0 Å². The molecule has 0 aromatic heterocycles. The van der Waals surface area contributed by atoms with Crippen LogP contribution in [0, 0.1) is 5.92 Å². The lowest BCUT2D eigenvalue weighted by atomic mass is 10.0. The molecule has 0 spiro atoms. The van der Waals surface area contributed by atoms with Gasteiger partial charge in [0.05, 0.1) is 12.5 Å². The second-order valence-electron chi connectivity index (χ2n) is 6.43. The highest BCUT2D eigenvalue weighted by molar-refractivity contribution is 6.05. The predicted octanol–water partition coefficient (Wildman–Crippen LogP) is 2.08. The van der Waals surface area contributed by atoms with E-state index < -0.39 is 0 Å². The zero-order chi connectivity index (χ0) is 14.0. The van der Waals surface area contributed by atoms with E-state index in [1.54, 1.807) is 0 Å². The van der Waals surface area contributed by atoms with Gasteiger partial charge in [-0.1, -0.05) is 19.8 Å². The SMILES string of the molecule is CC1CCCC(NC2CC(=O)N(C(C)C)C2=O)CC1. The molecule has 3 unspecified atom stereocenters. The molecule has 2 fully saturated rings. The number of nitrogens with zero attached hydrogens (tertiary/aromatic N) is 1. The lowest BCUT2D eigenvalue weighted by Crippen LogP contribution is -2.45. The van der Waals surface area contributed by atoms with Crippen LogP contribution in [0.15, 0.2) is 0 Å². The largest absolute Gasteiger partial charge is 0.303 e. The molecule has 2 rings (SSSR count). The van der Waals surface area contributed by atoms with Crippen molar-refractivity contribution in [2.75, 3.05) is 0 Å². The topological polar surface area (TPSA) is 49.4 Å². The third-order valence-electron chi connectivity index (χ3n) is 4.39. The Morgan fingerprint density at radius 3 is 2.53 bits per heavy atom. The zero-order valence-corrected chi connectivity index (χ0v) is 12.3. The third-order valence-corrected chi connectivity index (χ3v) is 4.39. The highest BCUT2D eigenvalue weighted by Crippen LogP contribution is 2.24. The predicted molar refractivity (Wildman–Crippen MR) is 74.6 cm³/mol. The zero-order valence-electron chi connectivity index (χ0n) is 12.3. The summed E-state index contributed by atoms with van der Waals surface area (Å²) >= 11 is 0. The molecule has 3 atom stereocenters. The van der Waals surface area contributed by atoms with E-state index in [-0.39, 0.29) is 23.9 Å². The lowest BCUT2D eigenvalue weighted by Gasteiger charge is -2.22. The minimum absolute atomic E-state index is 0.0269. The summed E-state index contributed by atoms with van der Waals surface area (Å²) in [6.07, 6.45) is 6.32. The Hall–Kier alpha value is -0.900. The number of nitrogens with one attached hydrogen (secondary N) is 1. The molecule has 1 N–H and O–H groups in total. The summed E-state index contributed by atoms with van der Waals surface area (Å²) in [6.45, 7) is 6.09. The van der Waals surface area contributed by atoms with Gasteiger partial charge in [-0.2, -0.15) is 0 Å². The third kappa shape index (κ3) is 3.35. The summed E-state index contributed by atoms with van der Waals surface area (Å²) in [5.74, 6) is 0.733. The molecular weight excluding hydrogens is 240 g/mol. The van der Waals surface area contributed by atoms with Gasteiger partial charge in [0, 0.05) is 12.1 Å². The average Bonchev–Trinajstić information content (AvgIpc) is 2.48. The van der Waals surface area contributed by atoms with Crippen molar-refractivity contribution in [2.24, 2.45) is 5.92 Å². The Labute approximate surface area is 115 Å². The van der Waals surface area contributed by atoms with Crippen LogP contribution < -0.4 is 5.32 Å². The molecule has 1 aliphatic heterocycles. The van der Waals surface area contributed by atoms with Crippen molar-refractivity contribution in [1.82, 2.24) is 10.2 Å². The van der Waals surface area contributed by atoms with Gasteiger partial charge in [0.1, 0.15) is 0 Å². The van der Waals surface area contributed by atoms with Crippen molar-refractivity contribution in [2.45, 2.75) is 77.4 Å². The Morgan fingerprint density at radius 1 is 1.16 bits per heavy atom. The van der Waals surface area contributed by atoms with Gasteiger partial charge >= 0.3 is 0 Å². The number of likely N-dealkylation sites (tertiary alicyclic amines) is 1. The van der Waals surface area contributed by atoms with Gasteiger partial charge in [-0.05, 0) is 39.0 Å². The molecule has 1 saturated carbocycles. The van der Waals surface area contributed by atoms with Crippen LogP contribution in [0.2, 0.25) is 0 Å². The van der Waals surface area contributed by atoms with Crippen molar-refractivity contribution >= 4 is 11.8 Å². The van der Waals surface area contributed by atoms with Gasteiger partial charge in [0.25, 0.3) is 0 Å². The molecule has 108 valence electrons. The Kier molecular flexibility index (Phi) is 4.61. The summed E-state index contributed by atoms with van der Waals surface area (Å²) in [5, 5.41) is 3.43. The maximum atomic E-state index is 12.2. The van der Waals surface area contributed by atoms with Crippen molar-refractivity contribution in [3.05, 3.63) is 0 Å². The van der Waals surface area contributed by atoms with Gasteiger partial charge in [-0.3, -0.25) is 14.5 Å². The van der Waals surface area contributed by atoms with E-state index >= 15 is 0 Å². The Balaban J connectivity index is 1.93. The quantitative estimate of drug-likeness (QED) is 0.628. The van der Waals surface area contributed by atoms with Gasteiger partial charge in [-0.25, -0.2) is 0 Å². The fraction of sp³-hybridized carbons (Fsp3) is 0.867. The highest BCUT2D eigenvalue weighted by atomic mass is 16.2. The molecule has 1 saturated heterocycles. The first-order valence-corrected chi connectivity index (χ1v) is 7.61. The van der Waals surface area contributed by atoms with Gasteiger partial charge < -0.3 is 5.32 Å². The number of carbonyl (C=O) groups excluding carboxylic acids is 2. The highest BCUT2D eigenvalue weighted by Gasteiger charge is 2.40. The van der Waals surface area contributed by atoms with Gasteiger partial charge in [-0.15, -0.1) is 0 Å². The van der Waals surface area contributed by atoms with Crippen LogP contribution in [0.3, 0.4) is 0 Å². The van der Waals surface area contributed by atoms with Gasteiger partial charge in [0.2, 0.25) is 11.8 Å². The summed E-state index contributed by atoms with van der Waals surface area (Å²) in [6, 6.07) is 0.0908. The van der Waals surface area contributed by atoms with Crippen LogP contribution in [0.25, 0.3) is 0 Å². The number of imide groups is 1. The van der Waals surface area contributed by atoms with Crippen LogP contribution in [0.5, 0.6) is 0 Å². The number of amides is 2. The van der Waals surface area contributed by atoms with E-state index in [0.717, 1.165) is 18.8 Å². The molecule has 0 radical (unpaired) electrons. The molecule has 0 bridgehead atoms. The fourth-order valence-corrected chi connectivity index (χ4v) is 3.26. The van der Waals surface area contributed by atoms with Crippen LogP contribution in [0.4, 0.5) is 0 Å². The van der Waals surface area contributed by atoms with Crippen molar-refractivity contribution < 1.29 is 9.59 Å². The number of rotatable bonds is 3. The van der Waals surface area contributed by atoms with E-state index in [1.165, 1.54) is 24.2 Å². The van der Waals surface area contributed by atoms with Crippen LogP contribution in [-0.2, 0) is 9.59 Å². The maximum Gasteiger partial charge on any atom is 0.247 e. The monoisotopic (exact) mass is 266 g/mol. The van der Waals surface area contributed by atoms with Crippen LogP contribution in [-0.4, -0.2) is 34.8 Å². The molecule has 4 heteroatoms. The molecule has 1 heterocycles. The van der Waals surface area contributed by atoms with E-state index in [0.29, 0.717) is 12.5 Å². The molecule has 0 aromatic rings. The minimum atomic E-state index is -0.284. The molecule has 19 heavy (non-hydrogen) atoms. The van der Waals surface area contributed by atoms with Crippen molar-refractivity contribution in [3.63, 3.8) is 0 Å². The van der Waals surface area contributed by atoms with Crippen LogP contribution in [0.1, 0.15) is 59.3 Å². The van der Waals surface area contributed by atoms with Crippen molar-refractivity contribution in [1.29, 1.82) is 0 Å². The summed E-state index contributed by atoms with van der Waals surface area (Å²) in [5.41, 5.74) is 0. The molecule has 1 aliphatic carbocycles. The second kappa shape index (κ2) is 6.04. The van der Waals surface area contributed by atoms with E-state index in [2.05, 4.69) is 12.2 Å². The smallest absolute Gasteiger partial charge is 0.247 e. The first-order chi connectivity index (χ1) is 8.99. The molecule has 4 nitrogen and oxygen atoms in total. The standard InChI is InChI=1S/C15H26N2O2/c1-10(2)17-14(18)9-13(15(17)19)16-12-6-4-5-11(3)7-8-12/h10-13,16H,4-9H2,1-3H3. The molecular formula is C15H26N2O2. The minimum Gasteiger partial charge on any atom is -0.303 e. The van der Waals surface area contributed by atoms with Gasteiger partial charge in [0.15, 0.2) is 0 Å². The summed E-state index contributed by atoms with van der Waals surface area (Å²) < 4.78 is 0. The normalized spacial score (nSPS) is 33.1. The Morgan fingerprint density at radius 2 is 1.89 bits per heavy atom. The fourth-order valence-electron chi connectivity index (χ4n) is 3.26. The summed E-state index contributed by atoms with van der Waals surface area (Å²) in [4.78, 5) is 25.5. The number of carbonyl (C=O) groups is 2. The average molecular weight is 266 g/mol. The Bertz CT molecular complexity index is 354. The second-order valence-corrected chi connectivity index (χ2v) is 6.43. The van der Waals surface area contributed by atoms with Crippen LogP contribution >= 0.6 is 0 Å². The first-order valence-electron chi connectivity index (χ1n) is 7.61. The molecule has 0 aromatic carbocycles. The maximum absolute atomic E-state index is 12.2. The first kappa shape index (κ1) is 14.5. The number of hydrogen-bond acceptors (Lipinski definition) is 3. The number of hydrogen-bond donors (Lipinski definition) is 1. The van der Waals surface area contributed by atoms with E-state index in [4.69, 9.17) is 0 Å². The molecule has 2 aliphatic rings. The lowest BCUT2D eigenvalue weighted by molar-refractivity contribution is -0.140. The molecule has 2 amide bonds. The van der Waals surface area contributed by atoms with E-state index in [1.807, 2.05) is 13.8 Å².